The summed E-state index contributed by atoms with van der Waals surface area (Å²) >= 11 is 0. The molecule has 1 N–H and O–H groups in total. The number of carbonyl (C=O) groups excluding carboxylic acids is 1. The molecule has 0 bridgehead atoms. The second-order valence-electron chi connectivity index (χ2n) is 6.78. The van der Waals surface area contributed by atoms with Crippen LogP contribution in [0.4, 0.5) is 5.69 Å². The highest BCUT2D eigenvalue weighted by atomic mass is 16.5. The fourth-order valence-electron chi connectivity index (χ4n) is 3.40. The van der Waals surface area contributed by atoms with Crippen molar-refractivity contribution in [1.82, 2.24) is 4.90 Å². The van der Waals surface area contributed by atoms with Crippen molar-refractivity contribution in [2.75, 3.05) is 12.4 Å². The number of aryl methyl sites for hydroxylation is 1. The zero-order valence-corrected chi connectivity index (χ0v) is 15.5. The maximum atomic E-state index is 13.3. The van der Waals surface area contributed by atoms with Gasteiger partial charge in [0.05, 0.1) is 12.7 Å². The van der Waals surface area contributed by atoms with Crippen LogP contribution in [0.5, 0.6) is 5.75 Å². The largest absolute Gasteiger partial charge is 0.497 e. The van der Waals surface area contributed by atoms with Gasteiger partial charge in [-0.15, -0.1) is 0 Å². The van der Waals surface area contributed by atoms with Crippen LogP contribution >= 0.6 is 0 Å². The van der Waals surface area contributed by atoms with E-state index in [1.165, 1.54) is 5.56 Å². The lowest BCUT2D eigenvalue weighted by atomic mass is 10.0. The number of amides is 1. The number of methoxy groups -OCH3 is 1. The van der Waals surface area contributed by atoms with E-state index in [0.29, 0.717) is 12.1 Å². The fourth-order valence-corrected chi connectivity index (χ4v) is 3.40. The molecule has 136 valence electrons. The van der Waals surface area contributed by atoms with Gasteiger partial charge in [0, 0.05) is 12.2 Å². The number of rotatable bonds is 4. The second-order valence-corrected chi connectivity index (χ2v) is 6.78. The van der Waals surface area contributed by atoms with E-state index >= 15 is 0 Å². The van der Waals surface area contributed by atoms with Gasteiger partial charge in [-0.1, -0.05) is 54.1 Å². The Morgan fingerprint density at radius 3 is 2.37 bits per heavy atom. The minimum atomic E-state index is -0.236. The molecule has 3 aromatic carbocycles. The van der Waals surface area contributed by atoms with Crippen molar-refractivity contribution in [3.63, 3.8) is 0 Å². The van der Waals surface area contributed by atoms with Crippen LogP contribution in [0.3, 0.4) is 0 Å². The first-order valence-corrected chi connectivity index (χ1v) is 9.02. The molecule has 1 aliphatic rings. The van der Waals surface area contributed by atoms with Crippen LogP contribution in [0.25, 0.3) is 0 Å². The van der Waals surface area contributed by atoms with E-state index in [4.69, 9.17) is 4.74 Å². The molecule has 0 fully saturated rings. The Hall–Kier alpha value is -3.27. The Balaban J connectivity index is 1.72. The third kappa shape index (κ3) is 3.38. The van der Waals surface area contributed by atoms with Gasteiger partial charge in [0.25, 0.3) is 5.91 Å². The first-order valence-electron chi connectivity index (χ1n) is 9.02. The standard InChI is InChI=1S/C23H22N2O2/c1-16-7-9-17(10-8-16)15-25-22(18-11-13-19(27-2)14-12-18)24-21-6-4-3-5-20(21)23(25)26/h3-14,22,24H,15H2,1-2H3/t22-/m1/s1. The van der Waals surface area contributed by atoms with Gasteiger partial charge in [-0.2, -0.15) is 0 Å². The van der Waals surface area contributed by atoms with Gasteiger partial charge in [0.1, 0.15) is 11.9 Å². The van der Waals surface area contributed by atoms with E-state index in [1.807, 2.05) is 53.4 Å². The molecule has 0 saturated heterocycles. The Bertz CT molecular complexity index is 949. The number of carbonyl (C=O) groups is 1. The number of nitrogens with zero attached hydrogens (tertiary/aromatic N) is 1. The number of hydrogen-bond donors (Lipinski definition) is 1. The molecule has 0 aliphatic carbocycles. The summed E-state index contributed by atoms with van der Waals surface area (Å²) in [7, 11) is 1.65. The number of ether oxygens (including phenoxy) is 1. The molecule has 4 nitrogen and oxygen atoms in total. The van der Waals surface area contributed by atoms with Crippen LogP contribution in [0.2, 0.25) is 0 Å². The highest BCUT2D eigenvalue weighted by Gasteiger charge is 2.32. The van der Waals surface area contributed by atoms with Crippen molar-refractivity contribution >= 4 is 11.6 Å². The first-order chi connectivity index (χ1) is 13.2. The number of para-hydroxylation sites is 1. The quantitative estimate of drug-likeness (QED) is 0.730. The second kappa shape index (κ2) is 7.16. The zero-order valence-electron chi connectivity index (χ0n) is 15.5. The van der Waals surface area contributed by atoms with Gasteiger partial charge < -0.3 is 15.0 Å². The van der Waals surface area contributed by atoms with Crippen molar-refractivity contribution < 1.29 is 9.53 Å². The maximum absolute atomic E-state index is 13.3. The lowest BCUT2D eigenvalue weighted by molar-refractivity contribution is 0.0666. The van der Waals surface area contributed by atoms with Crippen LogP contribution in [-0.2, 0) is 6.54 Å². The summed E-state index contributed by atoms with van der Waals surface area (Å²) in [6.45, 7) is 2.60. The number of benzene rings is 3. The smallest absolute Gasteiger partial charge is 0.258 e. The average Bonchev–Trinajstić information content (AvgIpc) is 2.71. The molecule has 1 amide bonds. The summed E-state index contributed by atoms with van der Waals surface area (Å²) in [4.78, 5) is 15.1. The van der Waals surface area contributed by atoms with Gasteiger partial charge in [-0.05, 0) is 42.3 Å². The van der Waals surface area contributed by atoms with Gasteiger partial charge in [-0.3, -0.25) is 4.79 Å². The van der Waals surface area contributed by atoms with Crippen LogP contribution in [0.15, 0.2) is 72.8 Å². The van der Waals surface area contributed by atoms with E-state index in [2.05, 4.69) is 36.5 Å². The summed E-state index contributed by atoms with van der Waals surface area (Å²) in [5.74, 6) is 0.831. The molecule has 4 heteroatoms. The van der Waals surface area contributed by atoms with E-state index in [9.17, 15) is 4.79 Å². The van der Waals surface area contributed by atoms with Gasteiger partial charge in [0.15, 0.2) is 0 Å². The SMILES string of the molecule is COc1ccc([C@@H]2Nc3ccccc3C(=O)N2Cc2ccc(C)cc2)cc1. The number of fused-ring (bicyclic) bond motifs is 1. The molecule has 0 aromatic heterocycles. The predicted molar refractivity (Wildman–Crippen MR) is 107 cm³/mol. The summed E-state index contributed by atoms with van der Waals surface area (Å²) in [5, 5.41) is 3.53. The molecule has 0 spiro atoms. The van der Waals surface area contributed by atoms with Crippen LogP contribution < -0.4 is 10.1 Å². The van der Waals surface area contributed by atoms with Crippen LogP contribution in [0.1, 0.15) is 33.2 Å². The van der Waals surface area contributed by atoms with E-state index < -0.39 is 0 Å². The van der Waals surface area contributed by atoms with Crippen LogP contribution in [0, 0.1) is 6.92 Å². The molecule has 0 saturated carbocycles. The number of anilines is 1. The zero-order chi connectivity index (χ0) is 18.8. The summed E-state index contributed by atoms with van der Waals surface area (Å²) in [6.07, 6.45) is -0.236. The normalized spacial score (nSPS) is 15.9. The lowest BCUT2D eigenvalue weighted by Gasteiger charge is -2.38. The monoisotopic (exact) mass is 358 g/mol. The van der Waals surface area contributed by atoms with E-state index in [1.54, 1.807) is 7.11 Å². The Kier molecular flexibility index (Phi) is 4.55. The Morgan fingerprint density at radius 1 is 0.963 bits per heavy atom. The molecule has 1 atom stereocenters. The molecular formula is C23H22N2O2. The van der Waals surface area contributed by atoms with Crippen LogP contribution in [-0.4, -0.2) is 17.9 Å². The molecule has 0 unspecified atom stereocenters. The van der Waals surface area contributed by atoms with Gasteiger partial charge in [-0.25, -0.2) is 0 Å². The minimum absolute atomic E-state index is 0.0331. The molecule has 1 heterocycles. The van der Waals surface area contributed by atoms with Crippen molar-refractivity contribution in [3.8, 4) is 5.75 Å². The Labute approximate surface area is 159 Å². The van der Waals surface area contributed by atoms with E-state index in [-0.39, 0.29) is 12.1 Å². The minimum Gasteiger partial charge on any atom is -0.497 e. The first kappa shape index (κ1) is 17.2. The lowest BCUT2D eigenvalue weighted by Crippen LogP contribution is -2.42. The van der Waals surface area contributed by atoms with Crippen molar-refractivity contribution in [2.24, 2.45) is 0 Å². The molecule has 3 aromatic rings. The highest BCUT2D eigenvalue weighted by molar-refractivity contribution is 6.01. The van der Waals surface area contributed by atoms with Gasteiger partial charge in [0.2, 0.25) is 0 Å². The summed E-state index contributed by atoms with van der Waals surface area (Å²) in [6, 6.07) is 23.8. The number of nitrogens with one attached hydrogen (secondary N) is 1. The van der Waals surface area contributed by atoms with Crippen molar-refractivity contribution in [3.05, 3.63) is 95.1 Å². The van der Waals surface area contributed by atoms with Crippen molar-refractivity contribution in [2.45, 2.75) is 19.6 Å². The summed E-state index contributed by atoms with van der Waals surface area (Å²) < 4.78 is 5.27. The topological polar surface area (TPSA) is 41.6 Å². The van der Waals surface area contributed by atoms with Crippen molar-refractivity contribution in [1.29, 1.82) is 0 Å². The average molecular weight is 358 g/mol. The fraction of sp³-hybridized carbons (Fsp3) is 0.174. The molecule has 0 radical (unpaired) electrons. The molecule has 4 rings (SSSR count). The van der Waals surface area contributed by atoms with E-state index in [0.717, 1.165) is 22.6 Å². The molecule has 1 aliphatic heterocycles. The molecular weight excluding hydrogens is 336 g/mol. The Morgan fingerprint density at radius 2 is 1.67 bits per heavy atom. The predicted octanol–water partition coefficient (Wildman–Crippen LogP) is 4.77. The van der Waals surface area contributed by atoms with Gasteiger partial charge >= 0.3 is 0 Å². The summed E-state index contributed by atoms with van der Waals surface area (Å²) in [5.41, 5.74) is 4.90. The maximum Gasteiger partial charge on any atom is 0.258 e. The number of hydrogen-bond acceptors (Lipinski definition) is 3. The molecule has 27 heavy (non-hydrogen) atoms. The third-order valence-electron chi connectivity index (χ3n) is 4.93. The third-order valence-corrected chi connectivity index (χ3v) is 4.93. The highest BCUT2D eigenvalue weighted by Crippen LogP contribution is 2.34.